The maximum Gasteiger partial charge on any atom is 0.313 e. The molecule has 1 aromatic rings. The zero-order chi connectivity index (χ0) is 11.7. The second-order valence-corrected chi connectivity index (χ2v) is 2.84. The van der Waals surface area contributed by atoms with Crippen molar-refractivity contribution in [2.75, 3.05) is 5.73 Å². The maximum atomic E-state index is 10.5. The molecule has 0 atom stereocenters. The first-order chi connectivity index (χ1) is 6.86. The van der Waals surface area contributed by atoms with Crippen molar-refractivity contribution < 1.29 is 15.0 Å². The van der Waals surface area contributed by atoms with Crippen LogP contribution in [0.3, 0.4) is 0 Å². The Kier molecular flexibility index (Phi) is 2.43. The van der Waals surface area contributed by atoms with E-state index in [0.717, 1.165) is 6.07 Å². The van der Waals surface area contributed by atoms with Gasteiger partial charge in [-0.05, 0) is 6.92 Å². The molecule has 0 unspecified atom stereocenters. The summed E-state index contributed by atoms with van der Waals surface area (Å²) in [6.45, 7) is 1.31. The van der Waals surface area contributed by atoms with E-state index >= 15 is 0 Å². The molecule has 0 saturated heterocycles. The van der Waals surface area contributed by atoms with E-state index in [-0.39, 0.29) is 5.56 Å². The minimum absolute atomic E-state index is 0.0296. The number of aryl methyl sites for hydroxylation is 1. The standard InChI is InChI=1S/C7H7N3O5/c1-3-2-4(9(12)13)7(11)5(8)6(3)10(14)15/h2,11H,8H2,1H3. The van der Waals surface area contributed by atoms with Gasteiger partial charge >= 0.3 is 5.69 Å². The van der Waals surface area contributed by atoms with Crippen LogP contribution in [0, 0.1) is 27.2 Å². The lowest BCUT2D eigenvalue weighted by molar-refractivity contribution is -0.389. The lowest BCUT2D eigenvalue weighted by Crippen LogP contribution is -2.01. The number of nitrogens with zero attached hydrogens (tertiary/aromatic N) is 2. The third-order valence-electron chi connectivity index (χ3n) is 1.86. The van der Waals surface area contributed by atoms with Gasteiger partial charge in [-0.15, -0.1) is 0 Å². The zero-order valence-corrected chi connectivity index (χ0v) is 7.63. The lowest BCUT2D eigenvalue weighted by Gasteiger charge is -2.03. The molecule has 0 amide bonds. The van der Waals surface area contributed by atoms with Crippen molar-refractivity contribution in [1.29, 1.82) is 0 Å². The monoisotopic (exact) mass is 213 g/mol. The van der Waals surface area contributed by atoms with Crippen molar-refractivity contribution in [3.8, 4) is 5.75 Å². The molecule has 1 aromatic carbocycles. The SMILES string of the molecule is Cc1cc([N+](=O)[O-])c(O)c(N)c1[N+](=O)[O-]. The molecule has 0 spiro atoms. The van der Waals surface area contributed by atoms with Crippen molar-refractivity contribution in [3.05, 3.63) is 31.9 Å². The highest BCUT2D eigenvalue weighted by atomic mass is 16.6. The second-order valence-electron chi connectivity index (χ2n) is 2.84. The van der Waals surface area contributed by atoms with E-state index in [9.17, 15) is 25.3 Å². The second kappa shape index (κ2) is 3.40. The van der Waals surface area contributed by atoms with Gasteiger partial charge in [0.25, 0.3) is 5.69 Å². The highest BCUT2D eigenvalue weighted by Crippen LogP contribution is 2.40. The number of phenols is 1. The van der Waals surface area contributed by atoms with E-state index in [0.29, 0.717) is 0 Å². The average Bonchev–Trinajstić information content (AvgIpc) is 2.10. The van der Waals surface area contributed by atoms with Crippen LogP contribution < -0.4 is 5.73 Å². The minimum Gasteiger partial charge on any atom is -0.500 e. The maximum absolute atomic E-state index is 10.5. The molecule has 8 heteroatoms. The normalized spacial score (nSPS) is 9.93. The summed E-state index contributed by atoms with van der Waals surface area (Å²) in [4.78, 5) is 19.3. The fraction of sp³-hybridized carbons (Fsp3) is 0.143. The van der Waals surface area contributed by atoms with Crippen LogP contribution in [-0.4, -0.2) is 15.0 Å². The summed E-state index contributed by atoms with van der Waals surface area (Å²) in [6, 6.07) is 0.907. The van der Waals surface area contributed by atoms with Crippen LogP contribution in [0.15, 0.2) is 6.07 Å². The molecule has 0 bridgehead atoms. The van der Waals surface area contributed by atoms with Crippen molar-refractivity contribution in [3.63, 3.8) is 0 Å². The molecule has 0 fully saturated rings. The molecule has 0 aliphatic heterocycles. The van der Waals surface area contributed by atoms with Crippen LogP contribution in [0.1, 0.15) is 5.56 Å². The summed E-state index contributed by atoms with van der Waals surface area (Å²) in [7, 11) is 0. The Hall–Kier alpha value is -2.38. The smallest absolute Gasteiger partial charge is 0.313 e. The van der Waals surface area contributed by atoms with Crippen LogP contribution >= 0.6 is 0 Å². The Morgan fingerprint density at radius 1 is 1.33 bits per heavy atom. The first-order valence-electron chi connectivity index (χ1n) is 3.77. The van der Waals surface area contributed by atoms with E-state index in [1.54, 1.807) is 0 Å². The summed E-state index contributed by atoms with van der Waals surface area (Å²) in [6.07, 6.45) is 0. The summed E-state index contributed by atoms with van der Waals surface area (Å²) in [5.74, 6) is -0.877. The van der Waals surface area contributed by atoms with Crippen molar-refractivity contribution in [2.45, 2.75) is 6.92 Å². The number of nitrogens with two attached hydrogens (primary N) is 1. The molecule has 8 nitrogen and oxygen atoms in total. The highest BCUT2D eigenvalue weighted by molar-refractivity contribution is 5.76. The minimum atomic E-state index is -0.877. The van der Waals surface area contributed by atoms with Gasteiger partial charge in [-0.1, -0.05) is 0 Å². The number of nitro benzene ring substituents is 2. The van der Waals surface area contributed by atoms with Crippen LogP contribution in [0.5, 0.6) is 5.75 Å². The molecule has 0 aliphatic rings. The fourth-order valence-corrected chi connectivity index (χ4v) is 1.19. The molecule has 0 radical (unpaired) electrons. The Morgan fingerprint density at radius 3 is 2.27 bits per heavy atom. The molecule has 0 aliphatic carbocycles. The van der Waals surface area contributed by atoms with Crippen LogP contribution in [-0.2, 0) is 0 Å². The van der Waals surface area contributed by atoms with E-state index in [1.165, 1.54) is 6.92 Å². The van der Waals surface area contributed by atoms with Gasteiger partial charge in [0, 0.05) is 11.6 Å². The quantitative estimate of drug-likeness (QED) is 0.327. The molecule has 1 rings (SSSR count). The van der Waals surface area contributed by atoms with Crippen LogP contribution in [0.25, 0.3) is 0 Å². The topological polar surface area (TPSA) is 133 Å². The van der Waals surface area contributed by atoms with Crippen LogP contribution in [0.2, 0.25) is 0 Å². The third kappa shape index (κ3) is 1.64. The van der Waals surface area contributed by atoms with Crippen molar-refractivity contribution in [2.24, 2.45) is 0 Å². The van der Waals surface area contributed by atoms with E-state index in [4.69, 9.17) is 5.73 Å². The molecular weight excluding hydrogens is 206 g/mol. The molecule has 0 saturated carbocycles. The van der Waals surface area contributed by atoms with Crippen molar-refractivity contribution >= 4 is 17.1 Å². The number of benzene rings is 1. The number of nitrogen functional groups attached to an aromatic ring is 1. The number of rotatable bonds is 2. The van der Waals surface area contributed by atoms with E-state index in [2.05, 4.69) is 0 Å². The Balaban J connectivity index is 3.58. The van der Waals surface area contributed by atoms with E-state index in [1.807, 2.05) is 0 Å². The molecule has 15 heavy (non-hydrogen) atoms. The van der Waals surface area contributed by atoms with Crippen molar-refractivity contribution in [1.82, 2.24) is 0 Å². The number of hydrogen-bond acceptors (Lipinski definition) is 6. The predicted octanol–water partition coefficient (Wildman–Crippen LogP) is 1.10. The Labute approximate surface area is 83.2 Å². The molecule has 0 heterocycles. The molecule has 80 valence electrons. The summed E-state index contributed by atoms with van der Waals surface area (Å²) in [5, 5.41) is 30.2. The first-order valence-corrected chi connectivity index (χ1v) is 3.77. The van der Waals surface area contributed by atoms with Gasteiger partial charge in [0.1, 0.15) is 0 Å². The van der Waals surface area contributed by atoms with Gasteiger partial charge in [0.15, 0.2) is 5.69 Å². The molecular formula is C7H7N3O5. The lowest BCUT2D eigenvalue weighted by atomic mass is 10.1. The Bertz CT molecular complexity index is 456. The first kappa shape index (κ1) is 10.7. The van der Waals surface area contributed by atoms with Gasteiger partial charge in [0.2, 0.25) is 5.75 Å². The number of aromatic hydroxyl groups is 1. The zero-order valence-electron chi connectivity index (χ0n) is 7.63. The van der Waals surface area contributed by atoms with Crippen LogP contribution in [0.4, 0.5) is 17.1 Å². The fourth-order valence-electron chi connectivity index (χ4n) is 1.19. The van der Waals surface area contributed by atoms with Gasteiger partial charge in [0.05, 0.1) is 9.85 Å². The Morgan fingerprint density at radius 2 is 1.87 bits per heavy atom. The number of anilines is 1. The van der Waals surface area contributed by atoms with E-state index < -0.39 is 32.7 Å². The predicted molar refractivity (Wildman–Crippen MR) is 50.6 cm³/mol. The third-order valence-corrected chi connectivity index (χ3v) is 1.86. The largest absolute Gasteiger partial charge is 0.500 e. The summed E-state index contributed by atoms with van der Waals surface area (Å²) in [5.41, 5.74) is 3.51. The highest BCUT2D eigenvalue weighted by Gasteiger charge is 2.27. The molecule has 0 aromatic heterocycles. The number of phenolic OH excluding ortho intramolecular Hbond substituents is 1. The summed E-state index contributed by atoms with van der Waals surface area (Å²) < 4.78 is 0. The van der Waals surface area contributed by atoms with Gasteiger partial charge in [-0.3, -0.25) is 20.2 Å². The van der Waals surface area contributed by atoms with Gasteiger partial charge in [-0.25, -0.2) is 0 Å². The van der Waals surface area contributed by atoms with Gasteiger partial charge < -0.3 is 10.8 Å². The number of hydrogen-bond donors (Lipinski definition) is 2. The molecule has 3 N–H and O–H groups in total. The summed E-state index contributed by atoms with van der Waals surface area (Å²) >= 11 is 0. The number of nitro groups is 2. The average molecular weight is 213 g/mol. The van der Waals surface area contributed by atoms with Gasteiger partial charge in [-0.2, -0.15) is 0 Å².